The van der Waals surface area contributed by atoms with Gasteiger partial charge >= 0.3 is 0 Å². The van der Waals surface area contributed by atoms with Crippen molar-refractivity contribution in [2.75, 3.05) is 19.9 Å². The van der Waals surface area contributed by atoms with Crippen LogP contribution in [0.25, 0.3) is 22.5 Å². The Hall–Kier alpha value is -4.01. The predicted molar refractivity (Wildman–Crippen MR) is 113 cm³/mol. The van der Waals surface area contributed by atoms with E-state index in [2.05, 4.69) is 20.2 Å². The zero-order valence-corrected chi connectivity index (χ0v) is 17.1. The van der Waals surface area contributed by atoms with Crippen molar-refractivity contribution in [2.24, 2.45) is 0 Å². The van der Waals surface area contributed by atoms with E-state index >= 15 is 0 Å². The number of benzene rings is 2. The summed E-state index contributed by atoms with van der Waals surface area (Å²) in [6, 6.07) is 13.0. The Kier molecular flexibility index (Phi) is 4.45. The van der Waals surface area contributed by atoms with Gasteiger partial charge in [0.15, 0.2) is 11.5 Å². The summed E-state index contributed by atoms with van der Waals surface area (Å²) < 4.78 is 16.7. The number of fused-ring (bicyclic) bond motifs is 2. The van der Waals surface area contributed by atoms with Crippen molar-refractivity contribution in [3.63, 3.8) is 0 Å². The van der Waals surface area contributed by atoms with E-state index in [0.717, 1.165) is 23.9 Å². The molecule has 4 aromatic rings. The summed E-state index contributed by atoms with van der Waals surface area (Å²) >= 11 is 0. The number of hydrogen-bond acceptors (Lipinski definition) is 8. The molecule has 0 bridgehead atoms. The van der Waals surface area contributed by atoms with Gasteiger partial charge in [0.05, 0.1) is 23.1 Å². The molecule has 2 aromatic carbocycles. The molecule has 0 N–H and O–H groups in total. The zero-order valence-electron chi connectivity index (χ0n) is 17.1. The molecular weight excluding hydrogens is 410 g/mol. The molecule has 2 aliphatic rings. The van der Waals surface area contributed by atoms with Crippen molar-refractivity contribution in [1.29, 1.82) is 0 Å². The summed E-state index contributed by atoms with van der Waals surface area (Å²) in [5.74, 6) is 2.14. The Balaban J connectivity index is 1.21. The molecule has 2 aromatic heterocycles. The number of ether oxygens (including phenoxy) is 2. The number of para-hydroxylation sites is 2. The Bertz CT molecular complexity index is 1320. The van der Waals surface area contributed by atoms with Gasteiger partial charge in [-0.25, -0.2) is 4.98 Å². The highest BCUT2D eigenvalue weighted by Crippen LogP contribution is 2.36. The second-order valence-corrected chi connectivity index (χ2v) is 7.85. The predicted octanol–water partition coefficient (Wildman–Crippen LogP) is 3.43. The number of hydrogen-bond donors (Lipinski definition) is 0. The third-order valence-electron chi connectivity index (χ3n) is 5.79. The van der Waals surface area contributed by atoms with Crippen LogP contribution in [0.1, 0.15) is 35.1 Å². The van der Waals surface area contributed by atoms with E-state index in [0.29, 0.717) is 47.6 Å². The van der Waals surface area contributed by atoms with Gasteiger partial charge < -0.3 is 18.8 Å². The molecule has 0 radical (unpaired) electrons. The number of aromatic nitrogens is 4. The van der Waals surface area contributed by atoms with Crippen LogP contribution in [0.5, 0.6) is 11.5 Å². The molecule has 1 amide bonds. The molecule has 0 saturated carbocycles. The Morgan fingerprint density at radius 1 is 1.03 bits per heavy atom. The van der Waals surface area contributed by atoms with Gasteiger partial charge in [0.2, 0.25) is 18.6 Å². The average molecular weight is 429 g/mol. The highest BCUT2D eigenvalue weighted by Gasteiger charge is 2.30. The van der Waals surface area contributed by atoms with Crippen LogP contribution < -0.4 is 9.47 Å². The lowest BCUT2D eigenvalue weighted by Crippen LogP contribution is -2.39. The Morgan fingerprint density at radius 3 is 2.84 bits per heavy atom. The fourth-order valence-electron chi connectivity index (χ4n) is 4.13. The molecule has 32 heavy (non-hydrogen) atoms. The third-order valence-corrected chi connectivity index (χ3v) is 5.79. The number of piperidine rings is 1. The van der Waals surface area contributed by atoms with Gasteiger partial charge in [0.1, 0.15) is 5.69 Å². The third kappa shape index (κ3) is 3.31. The van der Waals surface area contributed by atoms with Gasteiger partial charge in [-0.05, 0) is 43.2 Å². The van der Waals surface area contributed by atoms with E-state index in [1.54, 1.807) is 11.1 Å². The fourth-order valence-corrected chi connectivity index (χ4v) is 4.13. The first-order valence-electron chi connectivity index (χ1n) is 10.5. The molecule has 1 saturated heterocycles. The molecule has 1 fully saturated rings. The molecule has 9 nitrogen and oxygen atoms in total. The molecule has 9 heteroatoms. The maximum atomic E-state index is 13.1. The minimum Gasteiger partial charge on any atom is -0.454 e. The van der Waals surface area contributed by atoms with Gasteiger partial charge in [-0.2, -0.15) is 0 Å². The van der Waals surface area contributed by atoms with Crippen molar-refractivity contribution in [3.8, 4) is 23.0 Å². The highest BCUT2D eigenvalue weighted by molar-refractivity contribution is 5.93. The second-order valence-electron chi connectivity index (χ2n) is 7.85. The Labute approximate surface area is 183 Å². The van der Waals surface area contributed by atoms with Crippen LogP contribution >= 0.6 is 0 Å². The smallest absolute Gasteiger partial charge is 0.274 e. The minimum absolute atomic E-state index is 0.0311. The van der Waals surface area contributed by atoms with Crippen LogP contribution in [0.3, 0.4) is 0 Å². The molecule has 4 heterocycles. The summed E-state index contributed by atoms with van der Waals surface area (Å²) in [5.41, 5.74) is 2.58. The summed E-state index contributed by atoms with van der Waals surface area (Å²) in [6.45, 7) is 1.37. The van der Waals surface area contributed by atoms with Gasteiger partial charge in [-0.15, -0.1) is 10.2 Å². The summed E-state index contributed by atoms with van der Waals surface area (Å²) in [4.78, 5) is 23.7. The monoisotopic (exact) mass is 429 g/mol. The lowest BCUT2D eigenvalue weighted by Gasteiger charge is -2.30. The maximum Gasteiger partial charge on any atom is 0.274 e. The first kappa shape index (κ1) is 18.7. The minimum atomic E-state index is -0.136. The second kappa shape index (κ2) is 7.60. The van der Waals surface area contributed by atoms with E-state index < -0.39 is 0 Å². The van der Waals surface area contributed by atoms with E-state index in [9.17, 15) is 4.79 Å². The molecular formula is C23H19N5O4. The topological polar surface area (TPSA) is 103 Å². The van der Waals surface area contributed by atoms with Crippen molar-refractivity contribution in [2.45, 2.75) is 18.8 Å². The number of nitrogens with zero attached hydrogens (tertiary/aromatic N) is 5. The SMILES string of the molecule is O=C(c1cnc2ccccc2n1)N1CCCC(c2nnc(-c3ccc4c(c3)OCO4)o2)C1. The molecule has 1 unspecified atom stereocenters. The number of likely N-dealkylation sites (tertiary alicyclic amines) is 1. The normalized spacial score (nSPS) is 17.6. The molecule has 0 spiro atoms. The van der Waals surface area contributed by atoms with Crippen LogP contribution in [0.4, 0.5) is 0 Å². The van der Waals surface area contributed by atoms with Crippen LogP contribution in [0.15, 0.2) is 53.1 Å². The van der Waals surface area contributed by atoms with Gasteiger partial charge in [0.25, 0.3) is 5.91 Å². The largest absolute Gasteiger partial charge is 0.454 e. The first-order valence-corrected chi connectivity index (χ1v) is 10.5. The summed E-state index contributed by atoms with van der Waals surface area (Å²) in [5, 5.41) is 8.47. The molecule has 160 valence electrons. The van der Waals surface area contributed by atoms with Crippen LogP contribution in [-0.4, -0.2) is 50.9 Å². The van der Waals surface area contributed by atoms with Crippen molar-refractivity contribution in [3.05, 3.63) is 60.2 Å². The number of carbonyl (C=O) groups is 1. The van der Waals surface area contributed by atoms with E-state index in [1.165, 1.54) is 0 Å². The molecule has 1 atom stereocenters. The van der Waals surface area contributed by atoms with E-state index in [1.807, 2.05) is 42.5 Å². The van der Waals surface area contributed by atoms with Gasteiger partial charge in [0, 0.05) is 18.7 Å². The molecule has 2 aliphatic heterocycles. The van der Waals surface area contributed by atoms with E-state index in [-0.39, 0.29) is 18.6 Å². The summed E-state index contributed by atoms with van der Waals surface area (Å²) in [7, 11) is 0. The molecule has 6 rings (SSSR count). The standard InChI is InChI=1S/C23H19N5O4/c29-23(18-11-24-16-5-1-2-6-17(16)25-18)28-9-3-4-15(12-28)22-27-26-21(32-22)14-7-8-19-20(10-14)31-13-30-19/h1-2,5-8,10-11,15H,3-4,9,12-13H2. The van der Waals surface area contributed by atoms with Crippen LogP contribution in [0.2, 0.25) is 0 Å². The fraction of sp³-hybridized carbons (Fsp3) is 0.261. The first-order chi connectivity index (χ1) is 15.7. The van der Waals surface area contributed by atoms with Crippen molar-refractivity contribution in [1.82, 2.24) is 25.1 Å². The van der Waals surface area contributed by atoms with Crippen molar-refractivity contribution >= 4 is 16.9 Å². The van der Waals surface area contributed by atoms with Gasteiger partial charge in [-0.1, -0.05) is 12.1 Å². The lowest BCUT2D eigenvalue weighted by molar-refractivity contribution is 0.0692. The number of rotatable bonds is 3. The lowest BCUT2D eigenvalue weighted by atomic mass is 9.98. The average Bonchev–Trinajstić information content (AvgIpc) is 3.53. The quantitative estimate of drug-likeness (QED) is 0.488. The summed E-state index contributed by atoms with van der Waals surface area (Å²) in [6.07, 6.45) is 3.26. The van der Waals surface area contributed by atoms with Gasteiger partial charge in [-0.3, -0.25) is 9.78 Å². The zero-order chi connectivity index (χ0) is 21.5. The van der Waals surface area contributed by atoms with Crippen LogP contribution in [0, 0.1) is 0 Å². The van der Waals surface area contributed by atoms with E-state index in [4.69, 9.17) is 13.9 Å². The highest BCUT2D eigenvalue weighted by atomic mass is 16.7. The number of amides is 1. The molecule has 0 aliphatic carbocycles. The maximum absolute atomic E-state index is 13.1. The van der Waals surface area contributed by atoms with Crippen molar-refractivity contribution < 1.29 is 18.7 Å². The Morgan fingerprint density at radius 2 is 1.91 bits per heavy atom. The van der Waals surface area contributed by atoms with Crippen LogP contribution in [-0.2, 0) is 0 Å². The number of carbonyl (C=O) groups excluding carboxylic acids is 1.